The van der Waals surface area contributed by atoms with Gasteiger partial charge in [0.2, 0.25) is 0 Å². The fraction of sp³-hybridized carbons (Fsp3) is 0.333. The third kappa shape index (κ3) is 1.62. The first-order chi connectivity index (χ1) is 6.68. The molecule has 2 heterocycles. The number of hydrogen-bond donors (Lipinski definition) is 0. The predicted molar refractivity (Wildman–Crippen MR) is 62.1 cm³/mol. The summed E-state index contributed by atoms with van der Waals surface area (Å²) in [5.74, 6) is 0. The summed E-state index contributed by atoms with van der Waals surface area (Å²) in [6.45, 7) is 7.52. The van der Waals surface area contributed by atoms with E-state index in [9.17, 15) is 0 Å². The van der Waals surface area contributed by atoms with Crippen molar-refractivity contribution in [2.75, 3.05) is 0 Å². The number of hydrogen-bond acceptors (Lipinski definition) is 1. The highest BCUT2D eigenvalue weighted by atomic mass is 32.1. The predicted octanol–water partition coefficient (Wildman–Crippen LogP) is 3.52. The summed E-state index contributed by atoms with van der Waals surface area (Å²) in [6.07, 6.45) is 0. The number of thiophene rings is 1. The van der Waals surface area contributed by atoms with Crippen LogP contribution >= 0.6 is 11.3 Å². The van der Waals surface area contributed by atoms with E-state index in [1.807, 2.05) is 0 Å². The second-order valence-corrected chi connectivity index (χ2v) is 4.53. The van der Waals surface area contributed by atoms with E-state index in [1.54, 1.807) is 11.3 Å². The molecule has 0 spiro atoms. The Morgan fingerprint density at radius 2 is 1.71 bits per heavy atom. The van der Waals surface area contributed by atoms with Crippen LogP contribution in [0.2, 0.25) is 0 Å². The molecular weight excluding hydrogens is 190 g/mol. The lowest BCUT2D eigenvalue weighted by atomic mass is 10.2. The molecule has 0 aliphatic rings. The Morgan fingerprint density at radius 3 is 2.21 bits per heavy atom. The summed E-state index contributed by atoms with van der Waals surface area (Å²) in [4.78, 5) is 0. The Labute approximate surface area is 89.0 Å². The van der Waals surface area contributed by atoms with Crippen molar-refractivity contribution in [1.82, 2.24) is 4.57 Å². The minimum Gasteiger partial charge on any atom is -0.345 e. The van der Waals surface area contributed by atoms with E-state index in [4.69, 9.17) is 0 Å². The lowest BCUT2D eigenvalue weighted by Crippen LogP contribution is -2.03. The Bertz CT molecular complexity index is 417. The van der Waals surface area contributed by atoms with Gasteiger partial charge in [-0.2, -0.15) is 11.3 Å². The van der Waals surface area contributed by atoms with E-state index in [2.05, 4.69) is 48.2 Å². The Kier molecular flexibility index (Phi) is 2.46. The maximum absolute atomic E-state index is 2.36. The number of aromatic nitrogens is 1. The van der Waals surface area contributed by atoms with Crippen molar-refractivity contribution in [3.63, 3.8) is 0 Å². The molecule has 0 saturated carbocycles. The monoisotopic (exact) mass is 205 g/mol. The Hall–Kier alpha value is -1.02. The van der Waals surface area contributed by atoms with Crippen LogP contribution in [0.5, 0.6) is 0 Å². The van der Waals surface area contributed by atoms with Crippen molar-refractivity contribution in [2.45, 2.75) is 27.3 Å². The zero-order chi connectivity index (χ0) is 10.1. The lowest BCUT2D eigenvalue weighted by molar-refractivity contribution is 0.748. The summed E-state index contributed by atoms with van der Waals surface area (Å²) >= 11 is 1.79. The van der Waals surface area contributed by atoms with Crippen LogP contribution in [-0.4, -0.2) is 4.57 Å². The van der Waals surface area contributed by atoms with Crippen LogP contribution in [-0.2, 0) is 6.54 Å². The standard InChI is InChI=1S/C12H15NS/c1-9-7-14-8-12(9)6-13-10(2)4-5-11(13)3/h4-5,7-8H,6H2,1-3H3. The molecule has 0 atom stereocenters. The van der Waals surface area contributed by atoms with E-state index >= 15 is 0 Å². The molecule has 1 nitrogen and oxygen atoms in total. The SMILES string of the molecule is Cc1cscc1Cn1c(C)ccc1C. The van der Waals surface area contributed by atoms with Crippen molar-refractivity contribution < 1.29 is 0 Å². The van der Waals surface area contributed by atoms with Crippen LogP contribution in [0.4, 0.5) is 0 Å². The van der Waals surface area contributed by atoms with Gasteiger partial charge in [-0.3, -0.25) is 0 Å². The molecule has 0 aliphatic carbocycles. The van der Waals surface area contributed by atoms with Gasteiger partial charge in [-0.05, 0) is 54.8 Å². The Morgan fingerprint density at radius 1 is 1.07 bits per heavy atom. The van der Waals surface area contributed by atoms with Crippen LogP contribution < -0.4 is 0 Å². The first-order valence-electron chi connectivity index (χ1n) is 4.83. The molecule has 2 aromatic heterocycles. The average molecular weight is 205 g/mol. The molecule has 0 radical (unpaired) electrons. The molecular formula is C12H15NS. The summed E-state index contributed by atoms with van der Waals surface area (Å²) < 4.78 is 2.36. The zero-order valence-corrected chi connectivity index (χ0v) is 9.69. The van der Waals surface area contributed by atoms with Crippen molar-refractivity contribution in [3.05, 3.63) is 45.4 Å². The van der Waals surface area contributed by atoms with E-state index in [1.165, 1.54) is 22.5 Å². The normalized spacial score (nSPS) is 10.8. The first-order valence-corrected chi connectivity index (χ1v) is 5.77. The first kappa shape index (κ1) is 9.53. The van der Waals surface area contributed by atoms with Crippen LogP contribution in [0.3, 0.4) is 0 Å². The van der Waals surface area contributed by atoms with Crippen LogP contribution in [0.25, 0.3) is 0 Å². The molecule has 0 bridgehead atoms. The molecule has 14 heavy (non-hydrogen) atoms. The van der Waals surface area contributed by atoms with Gasteiger partial charge in [0, 0.05) is 17.9 Å². The molecule has 2 heteroatoms. The minimum atomic E-state index is 1.01. The fourth-order valence-corrected chi connectivity index (χ4v) is 2.52. The second-order valence-electron chi connectivity index (χ2n) is 3.78. The van der Waals surface area contributed by atoms with Gasteiger partial charge in [0.05, 0.1) is 0 Å². The van der Waals surface area contributed by atoms with E-state index < -0.39 is 0 Å². The number of aryl methyl sites for hydroxylation is 3. The molecule has 0 amide bonds. The number of rotatable bonds is 2. The number of nitrogens with zero attached hydrogens (tertiary/aromatic N) is 1. The van der Waals surface area contributed by atoms with E-state index in [0.29, 0.717) is 0 Å². The van der Waals surface area contributed by atoms with Crippen molar-refractivity contribution in [3.8, 4) is 0 Å². The van der Waals surface area contributed by atoms with Gasteiger partial charge >= 0.3 is 0 Å². The third-order valence-corrected chi connectivity index (χ3v) is 3.62. The summed E-state index contributed by atoms with van der Waals surface area (Å²) in [7, 11) is 0. The topological polar surface area (TPSA) is 4.93 Å². The van der Waals surface area contributed by atoms with Crippen molar-refractivity contribution in [1.29, 1.82) is 0 Å². The summed E-state index contributed by atoms with van der Waals surface area (Å²) in [6, 6.07) is 4.36. The molecule has 0 N–H and O–H groups in total. The molecule has 2 aromatic rings. The summed E-state index contributed by atoms with van der Waals surface area (Å²) in [5, 5.41) is 4.46. The van der Waals surface area contributed by atoms with E-state index in [-0.39, 0.29) is 0 Å². The molecule has 0 unspecified atom stereocenters. The average Bonchev–Trinajstić information content (AvgIpc) is 2.67. The van der Waals surface area contributed by atoms with E-state index in [0.717, 1.165) is 6.54 Å². The Balaban J connectivity index is 2.31. The molecule has 0 saturated heterocycles. The smallest absolute Gasteiger partial charge is 0.0486 e. The molecule has 0 fully saturated rings. The lowest BCUT2D eigenvalue weighted by Gasteiger charge is -2.08. The quantitative estimate of drug-likeness (QED) is 0.707. The van der Waals surface area contributed by atoms with Crippen LogP contribution in [0.1, 0.15) is 22.5 Å². The maximum Gasteiger partial charge on any atom is 0.0486 e. The highest BCUT2D eigenvalue weighted by Crippen LogP contribution is 2.17. The van der Waals surface area contributed by atoms with Crippen LogP contribution in [0.15, 0.2) is 22.9 Å². The fourth-order valence-electron chi connectivity index (χ4n) is 1.67. The second kappa shape index (κ2) is 3.62. The third-order valence-electron chi connectivity index (χ3n) is 2.71. The molecule has 2 rings (SSSR count). The molecule has 74 valence electrons. The van der Waals surface area contributed by atoms with Crippen LogP contribution in [0, 0.1) is 20.8 Å². The van der Waals surface area contributed by atoms with Crippen molar-refractivity contribution in [2.24, 2.45) is 0 Å². The van der Waals surface area contributed by atoms with Gasteiger partial charge in [0.15, 0.2) is 0 Å². The minimum absolute atomic E-state index is 1.01. The van der Waals surface area contributed by atoms with Gasteiger partial charge in [-0.1, -0.05) is 0 Å². The maximum atomic E-state index is 2.36. The molecule has 0 aromatic carbocycles. The van der Waals surface area contributed by atoms with Gasteiger partial charge in [0.1, 0.15) is 0 Å². The highest BCUT2D eigenvalue weighted by Gasteiger charge is 2.04. The molecule has 0 aliphatic heterocycles. The largest absolute Gasteiger partial charge is 0.345 e. The highest BCUT2D eigenvalue weighted by molar-refractivity contribution is 7.08. The van der Waals surface area contributed by atoms with Gasteiger partial charge in [-0.25, -0.2) is 0 Å². The van der Waals surface area contributed by atoms with Gasteiger partial charge < -0.3 is 4.57 Å². The van der Waals surface area contributed by atoms with Crippen molar-refractivity contribution >= 4 is 11.3 Å². The van der Waals surface area contributed by atoms with Gasteiger partial charge in [0.25, 0.3) is 0 Å². The zero-order valence-electron chi connectivity index (χ0n) is 8.87. The van der Waals surface area contributed by atoms with Gasteiger partial charge in [-0.15, -0.1) is 0 Å². The summed E-state index contributed by atoms with van der Waals surface area (Å²) in [5.41, 5.74) is 5.53.